The number of amides is 1. The number of hydrogen-bond donors (Lipinski definition) is 1. The van der Waals surface area contributed by atoms with E-state index in [-0.39, 0.29) is 24.3 Å². The molecule has 25 heavy (non-hydrogen) atoms. The van der Waals surface area contributed by atoms with Gasteiger partial charge >= 0.3 is 12.1 Å². The van der Waals surface area contributed by atoms with Gasteiger partial charge in [0.05, 0.1) is 6.54 Å². The molecule has 136 valence electrons. The first-order chi connectivity index (χ1) is 11.8. The monoisotopic (exact) mass is 359 g/mol. The van der Waals surface area contributed by atoms with Gasteiger partial charge in [0.2, 0.25) is 11.8 Å². The van der Waals surface area contributed by atoms with Crippen molar-refractivity contribution >= 4 is 11.7 Å². The molecule has 0 unspecified atom stereocenters. The summed E-state index contributed by atoms with van der Waals surface area (Å²) in [7, 11) is 0. The third-order valence-corrected chi connectivity index (χ3v) is 3.88. The summed E-state index contributed by atoms with van der Waals surface area (Å²) in [5.41, 5.74) is 0. The molecule has 0 aromatic carbocycles. The number of carbonyl (C=O) groups excluding carboxylic acids is 1. The smallest absolute Gasteiger partial charge is 0.417 e. The van der Waals surface area contributed by atoms with E-state index in [9.17, 15) is 18.0 Å². The number of rotatable bonds is 4. The lowest BCUT2D eigenvalue weighted by molar-refractivity contribution is -0.157. The summed E-state index contributed by atoms with van der Waals surface area (Å²) in [4.78, 5) is 13.9. The van der Waals surface area contributed by atoms with Crippen molar-refractivity contribution in [3.63, 3.8) is 0 Å². The minimum Gasteiger partial charge on any atom is -0.417 e. The average molecular weight is 359 g/mol. The molecule has 0 bridgehead atoms. The van der Waals surface area contributed by atoms with Crippen molar-refractivity contribution in [3.8, 4) is 0 Å². The number of nitrogens with zero attached hydrogens (tertiary/aromatic N) is 4. The molecular formula is C14H16F3N5O3. The summed E-state index contributed by atoms with van der Waals surface area (Å²) in [6, 6.07) is 1.61. The molecule has 11 heteroatoms. The fourth-order valence-electron chi connectivity index (χ4n) is 2.66. The second-order valence-corrected chi connectivity index (χ2v) is 5.86. The number of halogens is 3. The normalized spacial score (nSPS) is 17.0. The van der Waals surface area contributed by atoms with Crippen LogP contribution in [0, 0.1) is 6.92 Å². The Kier molecular flexibility index (Phi) is 4.75. The Morgan fingerprint density at radius 1 is 1.36 bits per heavy atom. The minimum absolute atomic E-state index is 0.00509. The standard InChI is InChI=1S/C14H16F3N5O3/c1-8-6-10(21-25-8)18-11(23)7-22-4-2-9(3-5-22)12-19-20-13(24-12)14(15,16)17/h6,9H,2-5,7H2,1H3,(H,18,21,23). The van der Waals surface area contributed by atoms with Gasteiger partial charge in [-0.25, -0.2) is 0 Å². The second kappa shape index (κ2) is 6.82. The highest BCUT2D eigenvalue weighted by Crippen LogP contribution is 2.32. The van der Waals surface area contributed by atoms with Crippen molar-refractivity contribution in [2.24, 2.45) is 0 Å². The van der Waals surface area contributed by atoms with E-state index in [0.717, 1.165) is 0 Å². The van der Waals surface area contributed by atoms with Gasteiger partial charge in [-0.3, -0.25) is 9.69 Å². The molecule has 1 fully saturated rings. The molecule has 1 aliphatic rings. The third-order valence-electron chi connectivity index (χ3n) is 3.88. The van der Waals surface area contributed by atoms with Crippen LogP contribution >= 0.6 is 0 Å². The van der Waals surface area contributed by atoms with Crippen LogP contribution in [0.15, 0.2) is 15.0 Å². The fraction of sp³-hybridized carbons (Fsp3) is 0.571. The molecule has 2 aromatic heterocycles. The quantitative estimate of drug-likeness (QED) is 0.894. The summed E-state index contributed by atoms with van der Waals surface area (Å²) < 4.78 is 47.1. The molecule has 0 radical (unpaired) electrons. The van der Waals surface area contributed by atoms with Crippen molar-refractivity contribution in [2.45, 2.75) is 31.9 Å². The molecule has 2 aromatic rings. The molecule has 1 N–H and O–H groups in total. The molecule has 1 amide bonds. The summed E-state index contributed by atoms with van der Waals surface area (Å²) in [5, 5.41) is 12.8. The first kappa shape index (κ1) is 17.4. The zero-order valence-electron chi connectivity index (χ0n) is 13.3. The third kappa shape index (κ3) is 4.35. The molecular weight excluding hydrogens is 343 g/mol. The van der Waals surface area contributed by atoms with E-state index in [1.54, 1.807) is 13.0 Å². The van der Waals surface area contributed by atoms with Crippen LogP contribution in [0.3, 0.4) is 0 Å². The Morgan fingerprint density at radius 2 is 2.08 bits per heavy atom. The zero-order chi connectivity index (χ0) is 18.0. The van der Waals surface area contributed by atoms with Crippen LogP contribution in [-0.4, -0.2) is 45.8 Å². The zero-order valence-corrected chi connectivity index (χ0v) is 13.3. The SMILES string of the molecule is Cc1cc(NC(=O)CN2CCC(c3nnc(C(F)(F)F)o3)CC2)no1. The van der Waals surface area contributed by atoms with Crippen LogP contribution in [0.5, 0.6) is 0 Å². The van der Waals surface area contributed by atoms with E-state index in [2.05, 4.69) is 20.7 Å². The van der Waals surface area contributed by atoms with Gasteiger partial charge in [-0.05, 0) is 32.9 Å². The number of anilines is 1. The number of piperidine rings is 1. The van der Waals surface area contributed by atoms with Crippen LogP contribution in [0.1, 0.15) is 36.3 Å². The van der Waals surface area contributed by atoms with Crippen LogP contribution in [-0.2, 0) is 11.0 Å². The van der Waals surface area contributed by atoms with Gasteiger partial charge in [0, 0.05) is 12.0 Å². The minimum atomic E-state index is -4.64. The van der Waals surface area contributed by atoms with E-state index < -0.39 is 12.1 Å². The van der Waals surface area contributed by atoms with Gasteiger partial charge in [0.15, 0.2) is 5.82 Å². The molecule has 3 rings (SSSR count). The van der Waals surface area contributed by atoms with Gasteiger partial charge in [0.1, 0.15) is 5.76 Å². The van der Waals surface area contributed by atoms with Crippen LogP contribution in [0.2, 0.25) is 0 Å². The van der Waals surface area contributed by atoms with Crippen molar-refractivity contribution in [1.29, 1.82) is 0 Å². The highest BCUT2D eigenvalue weighted by molar-refractivity contribution is 5.91. The number of aromatic nitrogens is 3. The number of likely N-dealkylation sites (tertiary alicyclic amines) is 1. The molecule has 1 aliphatic heterocycles. The number of nitrogens with one attached hydrogen (secondary N) is 1. The maximum absolute atomic E-state index is 12.5. The molecule has 0 atom stereocenters. The Bertz CT molecular complexity index is 734. The van der Waals surface area contributed by atoms with Gasteiger partial charge in [-0.1, -0.05) is 5.16 Å². The average Bonchev–Trinajstić information content (AvgIpc) is 3.17. The number of carbonyl (C=O) groups is 1. The maximum atomic E-state index is 12.5. The van der Waals surface area contributed by atoms with Gasteiger partial charge in [-0.2, -0.15) is 13.2 Å². The largest absolute Gasteiger partial charge is 0.470 e. The predicted molar refractivity (Wildman–Crippen MR) is 77.6 cm³/mol. The van der Waals surface area contributed by atoms with Crippen molar-refractivity contribution in [2.75, 3.05) is 25.0 Å². The highest BCUT2D eigenvalue weighted by Gasteiger charge is 2.39. The van der Waals surface area contributed by atoms with Crippen LogP contribution < -0.4 is 5.32 Å². The van der Waals surface area contributed by atoms with E-state index in [1.165, 1.54) is 0 Å². The van der Waals surface area contributed by atoms with E-state index in [4.69, 9.17) is 8.94 Å². The van der Waals surface area contributed by atoms with Crippen molar-refractivity contribution < 1.29 is 26.9 Å². The number of hydrogen-bond acceptors (Lipinski definition) is 7. The topological polar surface area (TPSA) is 97.3 Å². The Labute approximate surface area is 140 Å². The number of alkyl halides is 3. The molecule has 1 saturated heterocycles. The summed E-state index contributed by atoms with van der Waals surface area (Å²) in [5.74, 6) is -0.858. The Morgan fingerprint density at radius 3 is 2.64 bits per heavy atom. The molecule has 8 nitrogen and oxygen atoms in total. The predicted octanol–water partition coefficient (Wildman–Crippen LogP) is 2.20. The van der Waals surface area contributed by atoms with E-state index in [1.807, 2.05) is 4.90 Å². The van der Waals surface area contributed by atoms with Gasteiger partial charge in [-0.15, -0.1) is 10.2 Å². The maximum Gasteiger partial charge on any atom is 0.470 e. The molecule has 0 saturated carbocycles. The summed E-state index contributed by atoms with van der Waals surface area (Å²) in [6.45, 7) is 2.96. The van der Waals surface area contributed by atoms with Gasteiger partial charge in [0.25, 0.3) is 0 Å². The Hall–Kier alpha value is -2.43. The van der Waals surface area contributed by atoms with Crippen LogP contribution in [0.25, 0.3) is 0 Å². The fourth-order valence-corrected chi connectivity index (χ4v) is 2.66. The molecule has 0 spiro atoms. The molecule has 0 aliphatic carbocycles. The lowest BCUT2D eigenvalue weighted by Gasteiger charge is -2.29. The van der Waals surface area contributed by atoms with Crippen molar-refractivity contribution in [3.05, 3.63) is 23.6 Å². The lowest BCUT2D eigenvalue weighted by atomic mass is 9.97. The van der Waals surface area contributed by atoms with Crippen LogP contribution in [0.4, 0.5) is 19.0 Å². The van der Waals surface area contributed by atoms with Gasteiger partial charge < -0.3 is 14.3 Å². The van der Waals surface area contributed by atoms with E-state index in [0.29, 0.717) is 37.5 Å². The molecule has 3 heterocycles. The first-order valence-corrected chi connectivity index (χ1v) is 7.67. The van der Waals surface area contributed by atoms with E-state index >= 15 is 0 Å². The Balaban J connectivity index is 1.48. The number of aryl methyl sites for hydroxylation is 1. The lowest BCUT2D eigenvalue weighted by Crippen LogP contribution is -2.38. The van der Waals surface area contributed by atoms with Crippen molar-refractivity contribution in [1.82, 2.24) is 20.3 Å². The summed E-state index contributed by atoms with van der Waals surface area (Å²) in [6.07, 6.45) is -3.56. The first-order valence-electron chi connectivity index (χ1n) is 7.67. The second-order valence-electron chi connectivity index (χ2n) is 5.86. The highest BCUT2D eigenvalue weighted by atomic mass is 19.4. The summed E-state index contributed by atoms with van der Waals surface area (Å²) >= 11 is 0.